The van der Waals surface area contributed by atoms with Gasteiger partial charge in [-0.2, -0.15) is 0 Å². The van der Waals surface area contributed by atoms with Gasteiger partial charge in [-0.25, -0.2) is 58.6 Å². The molecule has 0 amide bonds. The molecule has 80 heavy (non-hydrogen) atoms. The third-order valence-electron chi connectivity index (χ3n) is 13.3. The predicted octanol–water partition coefficient (Wildman–Crippen LogP) is 0.675. The van der Waals surface area contributed by atoms with Crippen LogP contribution in [0.1, 0.15) is 52.3 Å². The van der Waals surface area contributed by atoms with E-state index in [0.29, 0.717) is 17.8 Å². The van der Waals surface area contributed by atoms with E-state index in [4.69, 9.17) is 68.2 Å². The van der Waals surface area contributed by atoms with Crippen molar-refractivity contribution < 1.29 is 94.4 Å². The number of fused-ring (bicyclic) bond motifs is 4. The van der Waals surface area contributed by atoms with Gasteiger partial charge in [-0.15, -0.1) is 0 Å². The standard InChI is InChI=1S/C41H56N15O20P3S/c1-40(2,3)39(59)68-8-9-80-79(64,65)70-11-20-26(66-4)28(38(73-20)56-18-53-23-32(44)47-15-50-35(23)56)76-77(60,61)69-10-19-24(57)27(37(72-19)55-17-52-22-31(43)46-14-49-34(22)55)75-78(62,63)71-12-41-6-5-7-67-29(41)25(58)36(74-41)54-16-51-21-30(42)45-13-48-33(21)54/h13-20,24-29,36-38,57-58H,5-12H2,1-4H3,(H,60,61)(H,62,63)(H,64,65)(H2,42,45,48)(H2,43,46,49)(H2,44,47,50)/t19-,20-,24?,25+,26?,27+,28+,29?,36-,37-,38-,41-/m1/s1. The van der Waals surface area contributed by atoms with E-state index < -0.39 is 127 Å². The summed E-state index contributed by atoms with van der Waals surface area (Å²) < 4.78 is 109. The number of carbonyl (C=O) groups is 1. The maximum absolute atomic E-state index is 14.2. The first kappa shape index (κ1) is 58.2. The number of carbonyl (C=O) groups excluding carboxylic acids is 1. The Labute approximate surface area is 455 Å². The van der Waals surface area contributed by atoms with Crippen LogP contribution in [0.3, 0.4) is 0 Å². The molecule has 39 heteroatoms. The highest BCUT2D eigenvalue weighted by Gasteiger charge is 2.60. The highest BCUT2D eigenvalue weighted by atomic mass is 32.7. The fourth-order valence-corrected chi connectivity index (χ4v) is 13.6. The number of hydrogen-bond donors (Lipinski definition) is 8. The van der Waals surface area contributed by atoms with E-state index in [9.17, 15) is 43.4 Å². The van der Waals surface area contributed by atoms with Crippen LogP contribution >= 0.6 is 33.8 Å². The number of nitrogens with two attached hydrogens (primary N) is 3. The van der Waals surface area contributed by atoms with Gasteiger partial charge in [0, 0.05) is 19.5 Å². The molecule has 10 rings (SSSR count). The number of esters is 1. The van der Waals surface area contributed by atoms with Crippen molar-refractivity contribution in [2.24, 2.45) is 5.41 Å². The number of anilines is 3. The molecule has 6 aromatic heterocycles. The van der Waals surface area contributed by atoms with Gasteiger partial charge in [-0.1, -0.05) is 0 Å². The highest BCUT2D eigenvalue weighted by Crippen LogP contribution is 2.57. The molecule has 4 saturated heterocycles. The lowest BCUT2D eigenvalue weighted by Crippen LogP contribution is -2.51. The molecule has 0 saturated carbocycles. The average molecular weight is 1200 g/mol. The van der Waals surface area contributed by atoms with Crippen LogP contribution in [0.5, 0.6) is 0 Å². The molecule has 0 aromatic carbocycles. The van der Waals surface area contributed by atoms with Crippen molar-refractivity contribution in [2.45, 2.75) is 107 Å². The average Bonchev–Trinajstić information content (AvgIpc) is 4.39. The van der Waals surface area contributed by atoms with Crippen LogP contribution in [0.2, 0.25) is 0 Å². The largest absolute Gasteiger partial charge is 0.472 e. The molecule has 4 aliphatic heterocycles. The molecular formula is C41H56N15O20P3S. The minimum absolute atomic E-state index is 0.0162. The highest BCUT2D eigenvalue weighted by molar-refractivity contribution is 8.54. The zero-order valence-electron chi connectivity index (χ0n) is 42.7. The molecule has 436 valence electrons. The number of imidazole rings is 3. The summed E-state index contributed by atoms with van der Waals surface area (Å²) in [7, 11) is -9.53. The SMILES string of the molecule is COC1[C@@H](COP(=O)(O)SCCOC(=O)C(C)(C)C)O[C@@H](n2cnc3c(N)ncnc32)[C@H]1OP(=O)(O)OC[C@H]1O[C@@H](n2cnc3c(N)ncnc32)[C@@H](OP(=O)(O)OC[C@]23CCCOC2[C@H](O)[C@H](n2cnc4c(N)ncnc42)O3)C1O. The number of aliphatic hydroxyl groups is 2. The fraction of sp³-hybridized carbons (Fsp3) is 0.610. The van der Waals surface area contributed by atoms with E-state index in [1.54, 1.807) is 20.8 Å². The number of nitrogens with zero attached hydrogens (tertiary/aromatic N) is 12. The maximum Gasteiger partial charge on any atom is 0.472 e. The van der Waals surface area contributed by atoms with Crippen LogP contribution in [0, 0.1) is 5.41 Å². The van der Waals surface area contributed by atoms with Gasteiger partial charge >= 0.3 is 28.4 Å². The predicted molar refractivity (Wildman–Crippen MR) is 272 cm³/mol. The summed E-state index contributed by atoms with van der Waals surface area (Å²) in [6.07, 6.45) is -8.81. The number of phosphoric ester groups is 2. The molecule has 4 fully saturated rings. The number of ether oxygens (including phenoxy) is 6. The lowest BCUT2D eigenvalue weighted by Gasteiger charge is -2.38. The van der Waals surface area contributed by atoms with Crippen LogP contribution in [0.4, 0.5) is 17.5 Å². The van der Waals surface area contributed by atoms with Crippen LogP contribution < -0.4 is 17.2 Å². The smallest absolute Gasteiger partial charge is 0.464 e. The van der Waals surface area contributed by atoms with Gasteiger partial charge < -0.3 is 70.5 Å². The van der Waals surface area contributed by atoms with Crippen molar-refractivity contribution in [1.82, 2.24) is 58.6 Å². The molecule has 0 spiro atoms. The lowest BCUT2D eigenvalue weighted by atomic mass is 9.89. The second-order valence-corrected chi connectivity index (χ2v) is 26.5. The van der Waals surface area contributed by atoms with Gasteiger partial charge in [0.1, 0.15) is 96.6 Å². The normalized spacial score (nSPS) is 30.4. The third-order valence-corrected chi connectivity index (χ3v) is 18.3. The molecule has 0 aliphatic carbocycles. The van der Waals surface area contributed by atoms with E-state index in [2.05, 4.69) is 44.9 Å². The number of methoxy groups -OCH3 is 1. The topological polar surface area (TPSA) is 480 Å². The Morgan fingerprint density at radius 1 is 0.713 bits per heavy atom. The maximum atomic E-state index is 14.2. The van der Waals surface area contributed by atoms with Crippen molar-refractivity contribution in [1.29, 1.82) is 0 Å². The first-order valence-corrected chi connectivity index (χ1v) is 30.4. The molecule has 4 aliphatic rings. The van der Waals surface area contributed by atoms with Crippen molar-refractivity contribution >= 4 is 90.7 Å². The Morgan fingerprint density at radius 2 is 1.23 bits per heavy atom. The van der Waals surface area contributed by atoms with Crippen molar-refractivity contribution in [3.05, 3.63) is 38.0 Å². The van der Waals surface area contributed by atoms with E-state index in [0.717, 1.165) is 12.7 Å². The van der Waals surface area contributed by atoms with Gasteiger partial charge in [0.2, 0.25) is 0 Å². The summed E-state index contributed by atoms with van der Waals surface area (Å²) in [5.74, 6) is -0.640. The first-order valence-electron chi connectivity index (χ1n) is 24.3. The fourth-order valence-electron chi connectivity index (χ4n) is 9.54. The molecule has 35 nitrogen and oxygen atoms in total. The second kappa shape index (κ2) is 22.6. The van der Waals surface area contributed by atoms with Crippen LogP contribution in [-0.2, 0) is 69.5 Å². The van der Waals surface area contributed by atoms with Crippen LogP contribution in [0.15, 0.2) is 38.0 Å². The van der Waals surface area contributed by atoms with Crippen LogP contribution in [0.25, 0.3) is 33.5 Å². The number of aliphatic hydroxyl groups excluding tert-OH is 2. The Bertz CT molecular complexity index is 3390. The Kier molecular flexibility index (Phi) is 16.4. The lowest BCUT2D eigenvalue weighted by molar-refractivity contribution is -0.165. The number of aromatic nitrogens is 12. The minimum atomic E-state index is -5.39. The Balaban J connectivity index is 0.857. The number of hydrogen-bond acceptors (Lipinski definition) is 30. The van der Waals surface area contributed by atoms with Gasteiger partial charge in [0.15, 0.2) is 53.1 Å². The third kappa shape index (κ3) is 11.7. The van der Waals surface area contributed by atoms with E-state index in [1.165, 1.54) is 46.1 Å². The second-order valence-electron chi connectivity index (χ2n) is 19.7. The summed E-state index contributed by atoms with van der Waals surface area (Å²) in [4.78, 5) is 83.0. The summed E-state index contributed by atoms with van der Waals surface area (Å²) in [5, 5.41) is 23.5. The number of nitrogen functional groups attached to an aromatic ring is 3. The van der Waals surface area contributed by atoms with E-state index in [1.807, 2.05) is 0 Å². The zero-order chi connectivity index (χ0) is 57.1. The van der Waals surface area contributed by atoms with Crippen LogP contribution in [-0.4, -0.2) is 190 Å². The molecule has 10 heterocycles. The molecule has 0 bridgehead atoms. The van der Waals surface area contributed by atoms with Crippen molar-refractivity contribution in [3.8, 4) is 0 Å². The zero-order valence-corrected chi connectivity index (χ0v) is 46.2. The summed E-state index contributed by atoms with van der Waals surface area (Å²) in [6, 6.07) is 0. The monoisotopic (exact) mass is 1200 g/mol. The van der Waals surface area contributed by atoms with Crippen molar-refractivity contribution in [3.63, 3.8) is 0 Å². The molecule has 0 radical (unpaired) electrons. The number of rotatable bonds is 21. The summed E-state index contributed by atoms with van der Waals surface area (Å²) in [5.41, 5.74) is 16.5. The van der Waals surface area contributed by atoms with E-state index >= 15 is 0 Å². The molecule has 6 aromatic rings. The Hall–Kier alpha value is -5.04. The summed E-state index contributed by atoms with van der Waals surface area (Å²) in [6.45, 7) is -1.82. The quantitative estimate of drug-likeness (QED) is 0.0279. The molecular weight excluding hydrogens is 1150 g/mol. The minimum Gasteiger partial charge on any atom is -0.464 e. The van der Waals surface area contributed by atoms with Gasteiger partial charge in [0.25, 0.3) is 0 Å². The Morgan fingerprint density at radius 3 is 1.79 bits per heavy atom. The molecule has 15 atom stereocenters. The van der Waals surface area contributed by atoms with Gasteiger partial charge in [-0.3, -0.25) is 41.1 Å². The summed E-state index contributed by atoms with van der Waals surface area (Å²) >= 11 is 0.482. The molecule has 11 N–H and O–H groups in total. The van der Waals surface area contributed by atoms with Gasteiger partial charge in [0.05, 0.1) is 44.2 Å². The van der Waals surface area contributed by atoms with E-state index in [-0.39, 0.29) is 76.3 Å². The van der Waals surface area contributed by atoms with Gasteiger partial charge in [-0.05, 0) is 45.0 Å². The number of phosphoric acid groups is 2. The van der Waals surface area contributed by atoms with Crippen molar-refractivity contribution in [2.75, 3.05) is 63.1 Å². The first-order chi connectivity index (χ1) is 37.9. The molecule has 6 unspecified atom stereocenters.